The lowest BCUT2D eigenvalue weighted by Crippen LogP contribution is -2.49. The Kier molecular flexibility index (Phi) is 4.03. The first-order valence-electron chi connectivity index (χ1n) is 9.34. The van der Waals surface area contributed by atoms with Crippen LogP contribution in [0.25, 0.3) is 0 Å². The van der Waals surface area contributed by atoms with E-state index in [1.807, 2.05) is 6.92 Å². The number of rotatable bonds is 4. The first-order chi connectivity index (χ1) is 11.6. The van der Waals surface area contributed by atoms with Gasteiger partial charge in [-0.05, 0) is 62.8 Å². The molecule has 1 N–H and O–H groups in total. The molecule has 1 amide bonds. The molecule has 1 saturated carbocycles. The summed E-state index contributed by atoms with van der Waals surface area (Å²) in [6, 6.07) is 7.13. The maximum absolute atomic E-state index is 13.1. The highest BCUT2D eigenvalue weighted by atomic mass is 16.5. The summed E-state index contributed by atoms with van der Waals surface area (Å²) in [4.78, 5) is 15.6. The van der Waals surface area contributed by atoms with Crippen molar-refractivity contribution in [1.82, 2.24) is 10.2 Å². The predicted octanol–water partition coefficient (Wildman–Crippen LogP) is 2.78. The Morgan fingerprint density at radius 3 is 2.83 bits per heavy atom. The number of aryl methyl sites for hydroxylation is 1. The largest absolute Gasteiger partial charge is 0.496 e. The van der Waals surface area contributed by atoms with Crippen LogP contribution in [0.1, 0.15) is 49.7 Å². The van der Waals surface area contributed by atoms with E-state index in [2.05, 4.69) is 28.4 Å². The number of hydrogen-bond acceptors (Lipinski definition) is 3. The molecule has 3 fully saturated rings. The van der Waals surface area contributed by atoms with Crippen molar-refractivity contribution in [3.8, 4) is 5.75 Å². The van der Waals surface area contributed by atoms with Crippen LogP contribution >= 0.6 is 0 Å². The molecule has 0 bridgehead atoms. The Bertz CT molecular complexity index is 639. The molecule has 4 nitrogen and oxygen atoms in total. The number of nitrogens with one attached hydrogen (secondary N) is 1. The number of ether oxygens (including phenoxy) is 1. The van der Waals surface area contributed by atoms with Crippen molar-refractivity contribution in [2.75, 3.05) is 20.2 Å². The molecular formula is C20H28N2O2. The molecule has 24 heavy (non-hydrogen) atoms. The number of hydrogen-bond donors (Lipinski definition) is 1. The van der Waals surface area contributed by atoms with Gasteiger partial charge in [0, 0.05) is 18.6 Å². The van der Waals surface area contributed by atoms with Crippen molar-refractivity contribution in [1.29, 1.82) is 0 Å². The van der Waals surface area contributed by atoms with Crippen molar-refractivity contribution in [2.45, 2.75) is 62.9 Å². The Morgan fingerprint density at radius 2 is 2.08 bits per heavy atom. The predicted molar refractivity (Wildman–Crippen MR) is 94.4 cm³/mol. The monoisotopic (exact) mass is 328 g/mol. The number of amides is 1. The van der Waals surface area contributed by atoms with E-state index in [1.54, 1.807) is 7.11 Å². The number of nitrogens with zero attached hydrogens (tertiary/aromatic N) is 1. The summed E-state index contributed by atoms with van der Waals surface area (Å²) in [5, 5.41) is 3.41. The highest BCUT2D eigenvalue weighted by Crippen LogP contribution is 2.49. The summed E-state index contributed by atoms with van der Waals surface area (Å²) in [6.45, 7) is 4.39. The van der Waals surface area contributed by atoms with Crippen LogP contribution in [-0.4, -0.2) is 43.1 Å². The molecule has 4 rings (SSSR count). The Labute approximate surface area is 144 Å². The third-order valence-electron chi connectivity index (χ3n) is 6.32. The average molecular weight is 328 g/mol. The van der Waals surface area contributed by atoms with Crippen molar-refractivity contribution >= 4 is 5.91 Å². The Morgan fingerprint density at radius 1 is 1.25 bits per heavy atom. The van der Waals surface area contributed by atoms with E-state index in [0.29, 0.717) is 12.1 Å². The van der Waals surface area contributed by atoms with Crippen molar-refractivity contribution in [3.05, 3.63) is 29.3 Å². The zero-order valence-electron chi connectivity index (χ0n) is 14.8. The van der Waals surface area contributed by atoms with Crippen molar-refractivity contribution < 1.29 is 9.53 Å². The summed E-state index contributed by atoms with van der Waals surface area (Å²) < 4.78 is 5.45. The summed E-state index contributed by atoms with van der Waals surface area (Å²) in [5.41, 5.74) is 1.91. The van der Waals surface area contributed by atoms with Crippen molar-refractivity contribution in [2.24, 2.45) is 0 Å². The molecule has 1 aromatic carbocycles. The zero-order valence-corrected chi connectivity index (χ0v) is 14.8. The lowest BCUT2D eigenvalue weighted by Gasteiger charge is -2.33. The van der Waals surface area contributed by atoms with Gasteiger partial charge >= 0.3 is 0 Å². The van der Waals surface area contributed by atoms with Gasteiger partial charge in [0.05, 0.1) is 12.5 Å². The maximum atomic E-state index is 13.1. The molecule has 4 heteroatoms. The SMILES string of the molecule is COc1cc(C2(C(=O)N[C@H]3CCN4CCCC[C@@H]34)CC2)ccc1C. The van der Waals surface area contributed by atoms with Gasteiger partial charge in [0.15, 0.2) is 0 Å². The normalized spacial score (nSPS) is 28.2. The summed E-state index contributed by atoms with van der Waals surface area (Å²) in [6.07, 6.45) is 6.84. The van der Waals surface area contributed by atoms with Gasteiger partial charge in [-0.15, -0.1) is 0 Å². The molecule has 0 unspecified atom stereocenters. The standard InChI is InChI=1S/C20H28N2O2/c1-14-6-7-15(13-18(14)24-2)20(9-10-20)19(23)21-16-8-12-22-11-4-3-5-17(16)22/h6-7,13,16-17H,3-5,8-12H2,1-2H3,(H,21,23)/t16-,17-/m0/s1. The number of piperidine rings is 1. The fraction of sp³-hybridized carbons (Fsp3) is 0.650. The van der Waals surface area contributed by atoms with E-state index < -0.39 is 0 Å². The number of carbonyl (C=O) groups is 1. The minimum atomic E-state index is -0.316. The summed E-state index contributed by atoms with van der Waals surface area (Å²) in [5.74, 6) is 1.11. The third kappa shape index (κ3) is 2.61. The van der Waals surface area contributed by atoms with Gasteiger partial charge in [-0.1, -0.05) is 18.6 Å². The average Bonchev–Trinajstić information content (AvgIpc) is 3.32. The molecule has 2 aliphatic heterocycles. The molecule has 1 aliphatic carbocycles. The highest BCUT2D eigenvalue weighted by molar-refractivity contribution is 5.91. The molecule has 3 aliphatic rings. The highest BCUT2D eigenvalue weighted by Gasteiger charge is 2.52. The van der Waals surface area contributed by atoms with Crippen LogP contribution in [0.2, 0.25) is 0 Å². The van der Waals surface area contributed by atoms with Crippen LogP contribution < -0.4 is 10.1 Å². The molecule has 0 spiro atoms. The summed E-state index contributed by atoms with van der Waals surface area (Å²) in [7, 11) is 1.70. The molecule has 2 heterocycles. The maximum Gasteiger partial charge on any atom is 0.230 e. The minimum absolute atomic E-state index is 0.228. The van der Waals surface area contributed by atoms with Crippen LogP contribution in [0.3, 0.4) is 0 Å². The second kappa shape index (κ2) is 6.07. The quantitative estimate of drug-likeness (QED) is 0.924. The molecule has 2 atom stereocenters. The van der Waals surface area contributed by atoms with Gasteiger partial charge in [0.25, 0.3) is 0 Å². The topological polar surface area (TPSA) is 41.6 Å². The number of fused-ring (bicyclic) bond motifs is 1. The van der Waals surface area contributed by atoms with Crippen molar-refractivity contribution in [3.63, 3.8) is 0 Å². The number of benzene rings is 1. The first kappa shape index (κ1) is 15.9. The Balaban J connectivity index is 1.50. The van der Waals surface area contributed by atoms with Gasteiger partial charge < -0.3 is 10.1 Å². The van der Waals surface area contributed by atoms with Crippen LogP contribution in [0.4, 0.5) is 0 Å². The summed E-state index contributed by atoms with van der Waals surface area (Å²) >= 11 is 0. The van der Waals surface area contributed by atoms with Crippen LogP contribution in [0.5, 0.6) is 5.75 Å². The van der Waals surface area contributed by atoms with Gasteiger partial charge in [-0.2, -0.15) is 0 Å². The van der Waals surface area contributed by atoms with E-state index in [-0.39, 0.29) is 11.3 Å². The second-order valence-corrected chi connectivity index (χ2v) is 7.73. The second-order valence-electron chi connectivity index (χ2n) is 7.73. The number of methoxy groups -OCH3 is 1. The lowest BCUT2D eigenvalue weighted by atomic mass is 9.92. The van der Waals surface area contributed by atoms with E-state index in [1.165, 1.54) is 25.8 Å². The molecule has 1 aromatic rings. The van der Waals surface area contributed by atoms with Gasteiger partial charge in [0.1, 0.15) is 5.75 Å². The van der Waals surface area contributed by atoms with Crippen LogP contribution in [0.15, 0.2) is 18.2 Å². The van der Waals surface area contributed by atoms with Gasteiger partial charge in [0.2, 0.25) is 5.91 Å². The van der Waals surface area contributed by atoms with E-state index in [0.717, 1.165) is 42.7 Å². The fourth-order valence-electron chi connectivity index (χ4n) is 4.61. The van der Waals surface area contributed by atoms with E-state index in [4.69, 9.17) is 4.74 Å². The molecule has 0 aromatic heterocycles. The van der Waals surface area contributed by atoms with E-state index >= 15 is 0 Å². The molecule has 0 radical (unpaired) electrons. The van der Waals surface area contributed by atoms with Gasteiger partial charge in [-0.3, -0.25) is 9.69 Å². The number of carbonyl (C=O) groups excluding carboxylic acids is 1. The fourth-order valence-corrected chi connectivity index (χ4v) is 4.61. The molecule has 2 saturated heterocycles. The smallest absolute Gasteiger partial charge is 0.230 e. The zero-order chi connectivity index (χ0) is 16.7. The minimum Gasteiger partial charge on any atom is -0.496 e. The lowest BCUT2D eigenvalue weighted by molar-refractivity contribution is -0.124. The third-order valence-corrected chi connectivity index (χ3v) is 6.32. The van der Waals surface area contributed by atoms with Crippen LogP contribution in [-0.2, 0) is 10.2 Å². The van der Waals surface area contributed by atoms with Crippen LogP contribution in [0, 0.1) is 6.92 Å². The molecular weight excluding hydrogens is 300 g/mol. The first-order valence-corrected chi connectivity index (χ1v) is 9.34. The Hall–Kier alpha value is -1.55. The molecule has 130 valence electrons. The van der Waals surface area contributed by atoms with Gasteiger partial charge in [-0.25, -0.2) is 0 Å². The van der Waals surface area contributed by atoms with E-state index in [9.17, 15) is 4.79 Å².